The zero-order chi connectivity index (χ0) is 10.1. The van der Waals surface area contributed by atoms with Gasteiger partial charge in [-0.2, -0.15) is 0 Å². The van der Waals surface area contributed by atoms with Gasteiger partial charge in [-0.25, -0.2) is 4.98 Å². The van der Waals surface area contributed by atoms with E-state index in [2.05, 4.69) is 4.98 Å². The third-order valence-corrected chi connectivity index (χ3v) is 2.19. The fourth-order valence-corrected chi connectivity index (χ4v) is 1.46. The minimum absolute atomic E-state index is 0.316. The summed E-state index contributed by atoms with van der Waals surface area (Å²) in [5.74, 6) is 1.36. The number of fused-ring (bicyclic) bond motifs is 1. The molecule has 2 aromatic rings. The molecule has 2 N–H and O–H groups in total. The van der Waals surface area contributed by atoms with Crippen molar-refractivity contribution in [3.05, 3.63) is 23.6 Å². The summed E-state index contributed by atoms with van der Waals surface area (Å²) in [5, 5.41) is 0. The monoisotopic (exact) mass is 192 g/mol. The van der Waals surface area contributed by atoms with Crippen molar-refractivity contribution in [2.75, 3.05) is 7.11 Å². The van der Waals surface area contributed by atoms with Gasteiger partial charge in [0.2, 0.25) is 5.89 Å². The van der Waals surface area contributed by atoms with Gasteiger partial charge in [-0.05, 0) is 19.1 Å². The molecule has 0 atom stereocenters. The van der Waals surface area contributed by atoms with E-state index in [9.17, 15) is 0 Å². The van der Waals surface area contributed by atoms with Crippen molar-refractivity contribution < 1.29 is 9.15 Å². The van der Waals surface area contributed by atoms with Crippen molar-refractivity contribution in [2.24, 2.45) is 5.73 Å². The SMILES string of the molecule is COc1ccc2nc(CN)oc2c1C. The van der Waals surface area contributed by atoms with Gasteiger partial charge < -0.3 is 14.9 Å². The normalized spacial score (nSPS) is 10.8. The zero-order valence-corrected chi connectivity index (χ0v) is 8.20. The zero-order valence-electron chi connectivity index (χ0n) is 8.20. The first-order valence-electron chi connectivity index (χ1n) is 4.39. The number of nitrogens with zero attached hydrogens (tertiary/aromatic N) is 1. The van der Waals surface area contributed by atoms with Gasteiger partial charge in [0, 0.05) is 5.56 Å². The molecule has 0 aliphatic heterocycles. The highest BCUT2D eigenvalue weighted by Crippen LogP contribution is 2.27. The van der Waals surface area contributed by atoms with Gasteiger partial charge in [0.1, 0.15) is 11.3 Å². The molecule has 0 saturated carbocycles. The van der Waals surface area contributed by atoms with Crippen molar-refractivity contribution in [1.29, 1.82) is 0 Å². The van der Waals surface area contributed by atoms with E-state index in [0.717, 1.165) is 22.4 Å². The van der Waals surface area contributed by atoms with Crippen LogP contribution < -0.4 is 10.5 Å². The van der Waals surface area contributed by atoms with Gasteiger partial charge >= 0.3 is 0 Å². The van der Waals surface area contributed by atoms with Crippen LogP contribution in [-0.2, 0) is 6.54 Å². The number of hydrogen-bond donors (Lipinski definition) is 1. The van der Waals surface area contributed by atoms with E-state index in [1.807, 2.05) is 19.1 Å². The maximum absolute atomic E-state index is 5.47. The van der Waals surface area contributed by atoms with E-state index in [4.69, 9.17) is 14.9 Å². The molecule has 2 rings (SSSR count). The number of rotatable bonds is 2. The van der Waals surface area contributed by atoms with Crippen LogP contribution in [-0.4, -0.2) is 12.1 Å². The smallest absolute Gasteiger partial charge is 0.209 e. The molecule has 0 unspecified atom stereocenters. The highest BCUT2D eigenvalue weighted by molar-refractivity contribution is 5.78. The van der Waals surface area contributed by atoms with Gasteiger partial charge in [0.25, 0.3) is 0 Å². The Kier molecular flexibility index (Phi) is 2.13. The topological polar surface area (TPSA) is 61.3 Å². The van der Waals surface area contributed by atoms with E-state index >= 15 is 0 Å². The van der Waals surface area contributed by atoms with Crippen LogP contribution in [0.3, 0.4) is 0 Å². The van der Waals surface area contributed by atoms with E-state index in [1.165, 1.54) is 0 Å². The molecule has 4 nitrogen and oxygen atoms in total. The summed E-state index contributed by atoms with van der Waals surface area (Å²) in [6, 6.07) is 3.74. The number of aromatic nitrogens is 1. The highest BCUT2D eigenvalue weighted by Gasteiger charge is 2.10. The van der Waals surface area contributed by atoms with Crippen LogP contribution in [0.1, 0.15) is 11.5 Å². The molecular formula is C10H12N2O2. The van der Waals surface area contributed by atoms with Gasteiger partial charge in [-0.3, -0.25) is 0 Å². The maximum Gasteiger partial charge on any atom is 0.209 e. The minimum atomic E-state index is 0.316. The second-order valence-electron chi connectivity index (χ2n) is 3.05. The van der Waals surface area contributed by atoms with E-state index in [1.54, 1.807) is 7.11 Å². The lowest BCUT2D eigenvalue weighted by molar-refractivity contribution is 0.411. The number of nitrogens with two attached hydrogens (primary N) is 1. The van der Waals surface area contributed by atoms with Crippen LogP contribution >= 0.6 is 0 Å². The van der Waals surface area contributed by atoms with Gasteiger partial charge in [0.15, 0.2) is 5.58 Å². The molecule has 0 aliphatic carbocycles. The van der Waals surface area contributed by atoms with Crippen LogP contribution in [0.5, 0.6) is 5.75 Å². The maximum atomic E-state index is 5.47. The van der Waals surface area contributed by atoms with E-state index in [-0.39, 0.29) is 0 Å². The number of methoxy groups -OCH3 is 1. The molecule has 4 heteroatoms. The fourth-order valence-electron chi connectivity index (χ4n) is 1.46. The second kappa shape index (κ2) is 3.31. The average molecular weight is 192 g/mol. The molecule has 0 radical (unpaired) electrons. The van der Waals surface area contributed by atoms with Crippen LogP contribution in [0.4, 0.5) is 0 Å². The summed E-state index contributed by atoms with van der Waals surface area (Å²) < 4.78 is 10.7. The Labute approximate surface area is 81.7 Å². The van der Waals surface area contributed by atoms with Crippen LogP contribution in [0.2, 0.25) is 0 Å². The Morgan fingerprint density at radius 3 is 2.93 bits per heavy atom. The second-order valence-corrected chi connectivity index (χ2v) is 3.05. The summed E-state index contributed by atoms with van der Waals surface area (Å²) in [6.07, 6.45) is 0. The molecule has 14 heavy (non-hydrogen) atoms. The van der Waals surface area contributed by atoms with Crippen molar-refractivity contribution in [1.82, 2.24) is 4.98 Å². The van der Waals surface area contributed by atoms with Gasteiger partial charge in [0.05, 0.1) is 13.7 Å². The Bertz CT molecular complexity index is 462. The number of oxazole rings is 1. The molecule has 0 amide bonds. The number of hydrogen-bond acceptors (Lipinski definition) is 4. The Hall–Kier alpha value is -1.55. The predicted molar refractivity (Wildman–Crippen MR) is 53.2 cm³/mol. The molecule has 0 saturated heterocycles. The van der Waals surface area contributed by atoms with E-state index in [0.29, 0.717) is 12.4 Å². The van der Waals surface area contributed by atoms with Crippen LogP contribution in [0.15, 0.2) is 16.5 Å². The van der Waals surface area contributed by atoms with E-state index < -0.39 is 0 Å². The lowest BCUT2D eigenvalue weighted by Crippen LogP contribution is -1.94. The third kappa shape index (κ3) is 1.24. The Morgan fingerprint density at radius 1 is 1.50 bits per heavy atom. The van der Waals surface area contributed by atoms with Crippen molar-refractivity contribution in [2.45, 2.75) is 13.5 Å². The molecule has 74 valence electrons. The summed E-state index contributed by atoms with van der Waals surface area (Å²) >= 11 is 0. The standard InChI is InChI=1S/C10H12N2O2/c1-6-8(13-2)4-3-7-10(6)14-9(5-11)12-7/h3-4H,5,11H2,1-2H3. The minimum Gasteiger partial charge on any atom is -0.496 e. The summed E-state index contributed by atoms with van der Waals surface area (Å²) in [6.45, 7) is 2.25. The summed E-state index contributed by atoms with van der Waals surface area (Å²) in [4.78, 5) is 4.22. The molecule has 1 aromatic heterocycles. The Morgan fingerprint density at radius 2 is 2.29 bits per heavy atom. The van der Waals surface area contributed by atoms with Gasteiger partial charge in [-0.1, -0.05) is 0 Å². The third-order valence-electron chi connectivity index (χ3n) is 2.19. The molecule has 1 heterocycles. The molecule has 0 bridgehead atoms. The van der Waals surface area contributed by atoms with Crippen molar-refractivity contribution >= 4 is 11.1 Å². The van der Waals surface area contributed by atoms with Crippen LogP contribution in [0, 0.1) is 6.92 Å². The average Bonchev–Trinajstić information content (AvgIpc) is 2.62. The fraction of sp³-hybridized carbons (Fsp3) is 0.300. The Balaban J connectivity index is 2.68. The van der Waals surface area contributed by atoms with Crippen molar-refractivity contribution in [3.63, 3.8) is 0 Å². The van der Waals surface area contributed by atoms with Crippen LogP contribution in [0.25, 0.3) is 11.1 Å². The molecule has 0 aliphatic rings. The lowest BCUT2D eigenvalue weighted by Gasteiger charge is -2.02. The summed E-state index contributed by atoms with van der Waals surface area (Å²) in [7, 11) is 1.63. The first-order chi connectivity index (χ1) is 6.76. The quantitative estimate of drug-likeness (QED) is 0.785. The summed E-state index contributed by atoms with van der Waals surface area (Å²) in [5.41, 5.74) is 7.98. The highest BCUT2D eigenvalue weighted by atomic mass is 16.5. The first kappa shape index (κ1) is 9.02. The number of ether oxygens (including phenoxy) is 1. The largest absolute Gasteiger partial charge is 0.496 e. The van der Waals surface area contributed by atoms with Gasteiger partial charge in [-0.15, -0.1) is 0 Å². The molecular weight excluding hydrogens is 180 g/mol. The molecule has 0 fully saturated rings. The van der Waals surface area contributed by atoms with Crippen molar-refractivity contribution in [3.8, 4) is 5.75 Å². The first-order valence-corrected chi connectivity index (χ1v) is 4.39. The predicted octanol–water partition coefficient (Wildman–Crippen LogP) is 1.60. The number of aryl methyl sites for hydroxylation is 1. The number of benzene rings is 1. The molecule has 1 aromatic carbocycles. The molecule has 0 spiro atoms. The lowest BCUT2D eigenvalue weighted by atomic mass is 10.2.